The first-order valence-corrected chi connectivity index (χ1v) is 10.1. The Morgan fingerprint density at radius 1 is 1.19 bits per heavy atom. The average molecular weight is 377 g/mol. The predicted octanol–water partition coefficient (Wildman–Crippen LogP) is 2.15. The highest BCUT2D eigenvalue weighted by Crippen LogP contribution is 2.18. The molecule has 1 aromatic carbocycles. The molecule has 1 aliphatic rings. The summed E-state index contributed by atoms with van der Waals surface area (Å²) in [7, 11) is 3.49. The van der Waals surface area contributed by atoms with E-state index < -0.39 is 0 Å². The maximum atomic E-state index is 5.42. The molecule has 0 radical (unpaired) electrons. The van der Waals surface area contributed by atoms with Crippen molar-refractivity contribution in [2.45, 2.75) is 26.2 Å². The molecule has 0 bridgehead atoms. The number of hydrogen-bond acceptors (Lipinski definition) is 4. The van der Waals surface area contributed by atoms with Crippen LogP contribution in [0.3, 0.4) is 0 Å². The lowest BCUT2D eigenvalue weighted by molar-refractivity contribution is 0.121. The smallest absolute Gasteiger partial charge is 0.191 e. The number of nitrogens with one attached hydrogen (secondary N) is 2. The van der Waals surface area contributed by atoms with Crippen molar-refractivity contribution < 1.29 is 9.47 Å². The van der Waals surface area contributed by atoms with Gasteiger partial charge in [-0.05, 0) is 56.8 Å². The van der Waals surface area contributed by atoms with Crippen LogP contribution in [0.4, 0.5) is 0 Å². The zero-order valence-corrected chi connectivity index (χ0v) is 17.2. The second-order valence-corrected chi connectivity index (χ2v) is 6.99. The van der Waals surface area contributed by atoms with E-state index in [0.717, 1.165) is 64.0 Å². The molecule has 1 aliphatic heterocycles. The quantitative estimate of drug-likeness (QED) is 0.484. The van der Waals surface area contributed by atoms with Crippen molar-refractivity contribution in [3.8, 4) is 5.75 Å². The molecular weight excluding hydrogens is 340 g/mol. The zero-order chi connectivity index (χ0) is 19.3. The van der Waals surface area contributed by atoms with Crippen LogP contribution >= 0.6 is 0 Å². The van der Waals surface area contributed by atoms with Crippen LogP contribution in [0.15, 0.2) is 29.3 Å². The number of para-hydroxylation sites is 1. The molecule has 1 aromatic rings. The minimum atomic E-state index is 0.675. The normalized spacial score (nSPS) is 16.3. The molecule has 0 unspecified atom stereocenters. The molecule has 0 aliphatic carbocycles. The maximum absolute atomic E-state index is 5.42. The SMILES string of the molecule is CCNC(=NCC1CCN(CCOC)CC1)NCCc1ccccc1OC. The lowest BCUT2D eigenvalue weighted by atomic mass is 9.97. The van der Waals surface area contributed by atoms with Gasteiger partial charge in [0.25, 0.3) is 0 Å². The highest BCUT2D eigenvalue weighted by atomic mass is 16.5. The van der Waals surface area contributed by atoms with Gasteiger partial charge in [-0.2, -0.15) is 0 Å². The van der Waals surface area contributed by atoms with E-state index in [1.165, 1.54) is 18.4 Å². The highest BCUT2D eigenvalue weighted by molar-refractivity contribution is 5.79. The van der Waals surface area contributed by atoms with E-state index in [9.17, 15) is 0 Å². The largest absolute Gasteiger partial charge is 0.496 e. The zero-order valence-electron chi connectivity index (χ0n) is 17.2. The van der Waals surface area contributed by atoms with E-state index in [1.807, 2.05) is 12.1 Å². The molecule has 27 heavy (non-hydrogen) atoms. The number of methoxy groups -OCH3 is 2. The van der Waals surface area contributed by atoms with Gasteiger partial charge in [-0.3, -0.25) is 4.99 Å². The Balaban J connectivity index is 1.75. The molecule has 0 aromatic heterocycles. The molecule has 0 amide bonds. The van der Waals surface area contributed by atoms with Crippen LogP contribution in [0.5, 0.6) is 5.75 Å². The Labute approximate surface area is 164 Å². The summed E-state index contributed by atoms with van der Waals surface area (Å²) in [5.41, 5.74) is 1.21. The Morgan fingerprint density at radius 2 is 1.96 bits per heavy atom. The molecule has 1 fully saturated rings. The minimum absolute atomic E-state index is 0.675. The summed E-state index contributed by atoms with van der Waals surface area (Å²) in [5.74, 6) is 2.53. The molecule has 0 saturated carbocycles. The molecule has 0 atom stereocenters. The molecular formula is C21H36N4O2. The number of benzene rings is 1. The van der Waals surface area contributed by atoms with Gasteiger partial charge in [0.2, 0.25) is 0 Å². The first-order chi connectivity index (χ1) is 13.3. The number of nitrogens with zero attached hydrogens (tertiary/aromatic N) is 2. The number of aliphatic imine (C=N–C) groups is 1. The third kappa shape index (κ3) is 7.77. The molecule has 2 rings (SSSR count). The van der Waals surface area contributed by atoms with Crippen molar-refractivity contribution in [3.63, 3.8) is 0 Å². The summed E-state index contributed by atoms with van der Waals surface area (Å²) in [6.45, 7) is 8.87. The van der Waals surface area contributed by atoms with E-state index in [2.05, 4.69) is 34.6 Å². The van der Waals surface area contributed by atoms with Gasteiger partial charge in [0, 0.05) is 33.3 Å². The van der Waals surface area contributed by atoms with Crippen molar-refractivity contribution in [1.29, 1.82) is 0 Å². The average Bonchev–Trinajstić information content (AvgIpc) is 2.71. The summed E-state index contributed by atoms with van der Waals surface area (Å²) in [6, 6.07) is 8.17. The van der Waals surface area contributed by atoms with Crippen molar-refractivity contribution in [1.82, 2.24) is 15.5 Å². The Morgan fingerprint density at radius 3 is 2.67 bits per heavy atom. The fraction of sp³-hybridized carbons (Fsp3) is 0.667. The first kappa shape index (κ1) is 21.5. The van der Waals surface area contributed by atoms with Gasteiger partial charge in [0.05, 0.1) is 13.7 Å². The van der Waals surface area contributed by atoms with Crippen LogP contribution in [0.25, 0.3) is 0 Å². The fourth-order valence-corrected chi connectivity index (χ4v) is 3.40. The summed E-state index contributed by atoms with van der Waals surface area (Å²) >= 11 is 0. The number of guanidine groups is 1. The Hall–Kier alpha value is -1.79. The topological polar surface area (TPSA) is 58.1 Å². The van der Waals surface area contributed by atoms with Crippen LogP contribution in [0.1, 0.15) is 25.3 Å². The molecule has 1 heterocycles. The molecule has 6 heteroatoms. The lowest BCUT2D eigenvalue weighted by Gasteiger charge is -2.31. The van der Waals surface area contributed by atoms with Crippen LogP contribution in [-0.2, 0) is 11.2 Å². The third-order valence-electron chi connectivity index (χ3n) is 5.05. The second-order valence-electron chi connectivity index (χ2n) is 6.99. The van der Waals surface area contributed by atoms with E-state index in [0.29, 0.717) is 5.92 Å². The number of likely N-dealkylation sites (tertiary alicyclic amines) is 1. The first-order valence-electron chi connectivity index (χ1n) is 10.1. The van der Waals surface area contributed by atoms with Crippen molar-refractivity contribution >= 4 is 5.96 Å². The monoisotopic (exact) mass is 376 g/mol. The van der Waals surface area contributed by atoms with Gasteiger partial charge < -0.3 is 25.0 Å². The Kier molecular flexibility index (Phi) is 10.0. The number of rotatable bonds is 10. The summed E-state index contributed by atoms with van der Waals surface area (Å²) < 4.78 is 10.6. The maximum Gasteiger partial charge on any atom is 0.191 e. The van der Waals surface area contributed by atoms with Crippen LogP contribution in [0, 0.1) is 5.92 Å². The summed E-state index contributed by atoms with van der Waals surface area (Å²) in [6.07, 6.45) is 3.34. The van der Waals surface area contributed by atoms with E-state index in [-0.39, 0.29) is 0 Å². The molecule has 152 valence electrons. The second kappa shape index (κ2) is 12.6. The van der Waals surface area contributed by atoms with Gasteiger partial charge in [-0.25, -0.2) is 0 Å². The van der Waals surface area contributed by atoms with Gasteiger partial charge in [-0.1, -0.05) is 18.2 Å². The number of piperidine rings is 1. The fourth-order valence-electron chi connectivity index (χ4n) is 3.40. The standard InChI is InChI=1S/C21H36N4O2/c1-4-22-21(23-12-9-19-7-5-6-8-20(19)27-3)24-17-18-10-13-25(14-11-18)15-16-26-2/h5-8,18H,4,9-17H2,1-3H3,(H2,22,23,24). The van der Waals surface area contributed by atoms with Crippen LogP contribution < -0.4 is 15.4 Å². The Bertz CT molecular complexity index is 557. The van der Waals surface area contributed by atoms with Crippen LogP contribution in [0.2, 0.25) is 0 Å². The summed E-state index contributed by atoms with van der Waals surface area (Å²) in [5, 5.41) is 6.81. The minimum Gasteiger partial charge on any atom is -0.496 e. The summed E-state index contributed by atoms with van der Waals surface area (Å²) in [4.78, 5) is 7.30. The third-order valence-corrected chi connectivity index (χ3v) is 5.05. The highest BCUT2D eigenvalue weighted by Gasteiger charge is 2.18. The number of hydrogen-bond donors (Lipinski definition) is 2. The van der Waals surface area contributed by atoms with E-state index >= 15 is 0 Å². The van der Waals surface area contributed by atoms with Crippen molar-refractivity contribution in [3.05, 3.63) is 29.8 Å². The van der Waals surface area contributed by atoms with E-state index in [1.54, 1.807) is 14.2 Å². The van der Waals surface area contributed by atoms with Gasteiger partial charge in [-0.15, -0.1) is 0 Å². The van der Waals surface area contributed by atoms with Crippen LogP contribution in [-0.4, -0.2) is 71.0 Å². The van der Waals surface area contributed by atoms with Crippen molar-refractivity contribution in [2.24, 2.45) is 10.9 Å². The van der Waals surface area contributed by atoms with E-state index in [4.69, 9.17) is 14.5 Å². The van der Waals surface area contributed by atoms with Gasteiger partial charge in [0.15, 0.2) is 5.96 Å². The molecule has 1 saturated heterocycles. The lowest BCUT2D eigenvalue weighted by Crippen LogP contribution is -2.40. The predicted molar refractivity (Wildman–Crippen MR) is 112 cm³/mol. The molecule has 6 nitrogen and oxygen atoms in total. The molecule has 2 N–H and O–H groups in total. The molecule has 0 spiro atoms. The number of ether oxygens (including phenoxy) is 2. The van der Waals surface area contributed by atoms with Gasteiger partial charge in [0.1, 0.15) is 5.75 Å². The van der Waals surface area contributed by atoms with Gasteiger partial charge >= 0.3 is 0 Å². The van der Waals surface area contributed by atoms with Crippen molar-refractivity contribution in [2.75, 3.05) is 60.1 Å².